The molecule has 2 aromatic rings. The number of carbonyl (C=O) groups is 1. The summed E-state index contributed by atoms with van der Waals surface area (Å²) in [6.07, 6.45) is 1.24. The van der Waals surface area contributed by atoms with Crippen LogP contribution in [0.1, 0.15) is 34.4 Å². The molecule has 9 heteroatoms. The van der Waals surface area contributed by atoms with E-state index < -0.39 is 21.7 Å². The molecular weight excluding hydrogens is 320 g/mol. The van der Waals surface area contributed by atoms with E-state index in [2.05, 4.69) is 14.8 Å². The Morgan fingerprint density at radius 3 is 2.65 bits per heavy atom. The fourth-order valence-electron chi connectivity index (χ4n) is 2.31. The highest BCUT2D eigenvalue weighted by molar-refractivity contribution is 7.89. The molecule has 2 aromatic heterocycles. The Morgan fingerprint density at radius 2 is 2.09 bits per heavy atom. The average Bonchev–Trinajstić information content (AvgIpc) is 2.79. The van der Waals surface area contributed by atoms with Gasteiger partial charge in [0.15, 0.2) is 5.69 Å². The molecule has 2 rings (SSSR count). The van der Waals surface area contributed by atoms with Gasteiger partial charge in [0.05, 0.1) is 5.69 Å². The van der Waals surface area contributed by atoms with Crippen molar-refractivity contribution in [1.29, 1.82) is 0 Å². The van der Waals surface area contributed by atoms with Crippen molar-refractivity contribution in [2.45, 2.75) is 38.8 Å². The lowest BCUT2D eigenvalue weighted by Gasteiger charge is -2.09. The van der Waals surface area contributed by atoms with Crippen LogP contribution >= 0.6 is 0 Å². The number of aromatic carboxylic acids is 1. The second-order valence-electron chi connectivity index (χ2n) is 4.94. The molecule has 0 amide bonds. The average molecular weight is 338 g/mol. The minimum atomic E-state index is -4.00. The van der Waals surface area contributed by atoms with E-state index in [1.807, 2.05) is 13.8 Å². The molecule has 0 spiro atoms. The van der Waals surface area contributed by atoms with Gasteiger partial charge >= 0.3 is 5.97 Å². The van der Waals surface area contributed by atoms with Gasteiger partial charge in [-0.05, 0) is 32.9 Å². The summed E-state index contributed by atoms with van der Waals surface area (Å²) >= 11 is 0. The van der Waals surface area contributed by atoms with E-state index in [4.69, 9.17) is 5.11 Å². The van der Waals surface area contributed by atoms with Crippen LogP contribution in [0.25, 0.3) is 0 Å². The first-order chi connectivity index (χ1) is 10.8. The third kappa shape index (κ3) is 3.40. The van der Waals surface area contributed by atoms with Gasteiger partial charge in [0, 0.05) is 30.5 Å². The number of carboxylic acid groups (broad SMARTS) is 1. The van der Waals surface area contributed by atoms with Crippen molar-refractivity contribution in [1.82, 2.24) is 19.5 Å². The number of pyridine rings is 1. The number of rotatable bonds is 6. The lowest BCUT2D eigenvalue weighted by molar-refractivity contribution is 0.0685. The van der Waals surface area contributed by atoms with Crippen molar-refractivity contribution in [2.75, 3.05) is 0 Å². The molecule has 0 aromatic carbocycles. The molecule has 0 saturated carbocycles. The second-order valence-corrected chi connectivity index (χ2v) is 6.68. The predicted molar refractivity (Wildman–Crippen MR) is 82.6 cm³/mol. The number of nitrogens with one attached hydrogen (secondary N) is 1. The van der Waals surface area contributed by atoms with Crippen LogP contribution < -0.4 is 4.72 Å². The topological polar surface area (TPSA) is 114 Å². The van der Waals surface area contributed by atoms with Crippen molar-refractivity contribution < 1.29 is 18.3 Å². The number of aromatic nitrogens is 3. The standard InChI is InChI=1S/C14H18N4O4S/c1-4-18-10(3)11(9(2)17-18)8-16-23(21,22)12-6-5-7-15-13(12)14(19)20/h5-7,16H,4,8H2,1-3H3,(H,19,20). The van der Waals surface area contributed by atoms with E-state index in [0.717, 1.165) is 17.0 Å². The zero-order valence-corrected chi connectivity index (χ0v) is 13.9. The molecule has 0 atom stereocenters. The first kappa shape index (κ1) is 17.1. The van der Waals surface area contributed by atoms with E-state index in [1.165, 1.54) is 18.3 Å². The molecule has 8 nitrogen and oxygen atoms in total. The Morgan fingerprint density at radius 1 is 1.39 bits per heavy atom. The molecule has 2 heterocycles. The van der Waals surface area contributed by atoms with Crippen molar-refractivity contribution in [3.05, 3.63) is 41.0 Å². The highest BCUT2D eigenvalue weighted by Crippen LogP contribution is 2.16. The Labute approximate surface area is 134 Å². The molecule has 0 radical (unpaired) electrons. The molecule has 2 N–H and O–H groups in total. The van der Waals surface area contributed by atoms with E-state index in [9.17, 15) is 13.2 Å². The summed E-state index contributed by atoms with van der Waals surface area (Å²) in [5, 5.41) is 13.4. The van der Waals surface area contributed by atoms with Gasteiger partial charge in [-0.2, -0.15) is 5.10 Å². The first-order valence-electron chi connectivity index (χ1n) is 6.98. The lowest BCUT2D eigenvalue weighted by atomic mass is 10.2. The maximum atomic E-state index is 12.4. The highest BCUT2D eigenvalue weighted by Gasteiger charge is 2.24. The number of sulfonamides is 1. The number of carboxylic acids is 1. The van der Waals surface area contributed by atoms with Gasteiger partial charge in [-0.1, -0.05) is 0 Å². The third-order valence-corrected chi connectivity index (χ3v) is 4.97. The van der Waals surface area contributed by atoms with Crippen molar-refractivity contribution in [3.63, 3.8) is 0 Å². The van der Waals surface area contributed by atoms with Gasteiger partial charge in [0.2, 0.25) is 10.0 Å². The Bertz CT molecular complexity index is 842. The van der Waals surface area contributed by atoms with Crippen LogP contribution in [0.15, 0.2) is 23.2 Å². The van der Waals surface area contributed by atoms with Gasteiger partial charge in [-0.25, -0.2) is 22.9 Å². The second kappa shape index (κ2) is 6.47. The SMILES string of the molecule is CCn1nc(C)c(CNS(=O)(=O)c2cccnc2C(=O)O)c1C. The zero-order chi connectivity index (χ0) is 17.2. The summed E-state index contributed by atoms with van der Waals surface area (Å²) in [4.78, 5) is 14.4. The molecule has 0 aliphatic carbocycles. The van der Waals surface area contributed by atoms with E-state index >= 15 is 0 Å². The lowest BCUT2D eigenvalue weighted by Crippen LogP contribution is -2.26. The maximum Gasteiger partial charge on any atom is 0.355 e. The first-order valence-corrected chi connectivity index (χ1v) is 8.47. The van der Waals surface area contributed by atoms with E-state index in [-0.39, 0.29) is 11.4 Å². The summed E-state index contributed by atoms with van der Waals surface area (Å²) < 4.78 is 29.0. The van der Waals surface area contributed by atoms with E-state index in [1.54, 1.807) is 11.6 Å². The smallest absolute Gasteiger partial charge is 0.355 e. The quantitative estimate of drug-likeness (QED) is 0.815. The summed E-state index contributed by atoms with van der Waals surface area (Å²) in [6, 6.07) is 2.60. The van der Waals surface area contributed by atoms with Gasteiger partial charge < -0.3 is 5.11 Å². The predicted octanol–water partition coefficient (Wildman–Crippen LogP) is 1.09. The fraction of sp³-hybridized carbons (Fsp3) is 0.357. The van der Waals surface area contributed by atoms with Crippen LogP contribution in [0.5, 0.6) is 0 Å². The number of hydrogen-bond donors (Lipinski definition) is 2. The number of hydrogen-bond acceptors (Lipinski definition) is 5. The minimum absolute atomic E-state index is 0.0357. The summed E-state index contributed by atoms with van der Waals surface area (Å²) in [6.45, 7) is 6.33. The van der Waals surface area contributed by atoms with Crippen LogP contribution in [0, 0.1) is 13.8 Å². The summed E-state index contributed by atoms with van der Waals surface area (Å²) in [7, 11) is -4.00. The van der Waals surface area contributed by atoms with Crippen molar-refractivity contribution >= 4 is 16.0 Å². The highest BCUT2D eigenvalue weighted by atomic mass is 32.2. The molecule has 0 fully saturated rings. The molecule has 0 aliphatic heterocycles. The fourth-order valence-corrected chi connectivity index (χ4v) is 3.45. The Balaban J connectivity index is 2.30. The molecule has 0 saturated heterocycles. The normalized spacial score (nSPS) is 11.6. The largest absolute Gasteiger partial charge is 0.476 e. The monoisotopic (exact) mass is 338 g/mol. The molecule has 23 heavy (non-hydrogen) atoms. The minimum Gasteiger partial charge on any atom is -0.476 e. The van der Waals surface area contributed by atoms with Crippen LogP contribution in [0.2, 0.25) is 0 Å². The number of aryl methyl sites for hydroxylation is 2. The van der Waals surface area contributed by atoms with Crippen LogP contribution in [-0.2, 0) is 23.1 Å². The number of nitrogens with zero attached hydrogens (tertiary/aromatic N) is 3. The van der Waals surface area contributed by atoms with Crippen molar-refractivity contribution in [2.24, 2.45) is 0 Å². The van der Waals surface area contributed by atoms with Gasteiger partial charge in [-0.15, -0.1) is 0 Å². The summed E-state index contributed by atoms with van der Waals surface area (Å²) in [5.41, 5.74) is 1.88. The van der Waals surface area contributed by atoms with Crippen LogP contribution in [0.3, 0.4) is 0 Å². The van der Waals surface area contributed by atoms with Gasteiger partial charge in [-0.3, -0.25) is 4.68 Å². The third-order valence-electron chi connectivity index (χ3n) is 3.53. The zero-order valence-electron chi connectivity index (χ0n) is 13.1. The summed E-state index contributed by atoms with van der Waals surface area (Å²) in [5.74, 6) is -1.39. The van der Waals surface area contributed by atoms with Gasteiger partial charge in [0.25, 0.3) is 0 Å². The molecule has 0 aliphatic rings. The van der Waals surface area contributed by atoms with Gasteiger partial charge in [0.1, 0.15) is 4.90 Å². The molecule has 0 unspecified atom stereocenters. The Hall–Kier alpha value is -2.26. The molecule has 124 valence electrons. The van der Waals surface area contributed by atoms with Crippen molar-refractivity contribution in [3.8, 4) is 0 Å². The van der Waals surface area contributed by atoms with Crippen LogP contribution in [0.4, 0.5) is 0 Å². The van der Waals surface area contributed by atoms with Crippen LogP contribution in [-0.4, -0.2) is 34.3 Å². The molecular formula is C14H18N4O4S. The maximum absolute atomic E-state index is 12.4. The molecule has 0 bridgehead atoms. The Kier molecular flexibility index (Phi) is 4.81. The van der Waals surface area contributed by atoms with E-state index in [0.29, 0.717) is 6.54 Å².